The summed E-state index contributed by atoms with van der Waals surface area (Å²) in [5.74, 6) is 0.356. The highest BCUT2D eigenvalue weighted by molar-refractivity contribution is 5.92. The van der Waals surface area contributed by atoms with Crippen LogP contribution >= 0.6 is 0 Å². The highest BCUT2D eigenvalue weighted by atomic mass is 19.4. The number of aliphatic hydroxyl groups is 1. The fraction of sp³-hybridized carbons (Fsp3) is 0.522. The molecule has 3 aromatic rings. The molecule has 1 saturated heterocycles. The summed E-state index contributed by atoms with van der Waals surface area (Å²) in [5, 5.41) is 21.1. The fourth-order valence-electron chi connectivity index (χ4n) is 5.03. The van der Waals surface area contributed by atoms with Gasteiger partial charge in [-0.2, -0.15) is 18.3 Å². The summed E-state index contributed by atoms with van der Waals surface area (Å²) in [7, 11) is 1.64. The van der Waals surface area contributed by atoms with Gasteiger partial charge >= 0.3 is 6.18 Å². The molecule has 2 fully saturated rings. The summed E-state index contributed by atoms with van der Waals surface area (Å²) >= 11 is 0. The number of anilines is 1. The van der Waals surface area contributed by atoms with Crippen LogP contribution in [0.2, 0.25) is 0 Å². The maximum Gasteiger partial charge on any atom is 0.416 e. The molecule has 3 N–H and O–H groups in total. The predicted molar refractivity (Wildman–Crippen MR) is 120 cm³/mol. The second kappa shape index (κ2) is 8.83. The molecular weight excluding hydrogens is 465 g/mol. The van der Waals surface area contributed by atoms with Gasteiger partial charge in [-0.05, 0) is 43.9 Å². The first kappa shape index (κ1) is 23.6. The number of oxazole rings is 1. The van der Waals surface area contributed by atoms with Crippen LogP contribution in [0.15, 0.2) is 35.1 Å². The number of aromatic nitrogens is 3. The van der Waals surface area contributed by atoms with Crippen molar-refractivity contribution >= 4 is 22.6 Å². The molecule has 1 saturated carbocycles. The lowest BCUT2D eigenvalue weighted by Crippen LogP contribution is -2.63. The average Bonchev–Trinajstić information content (AvgIpc) is 3.44. The Balaban J connectivity index is 1.10. The molecule has 2 aliphatic rings. The quantitative estimate of drug-likeness (QED) is 0.486. The van der Waals surface area contributed by atoms with E-state index in [0.29, 0.717) is 35.7 Å². The van der Waals surface area contributed by atoms with Crippen molar-refractivity contribution < 1.29 is 27.5 Å². The third-order valence-electron chi connectivity index (χ3n) is 7.00. The number of fused-ring (bicyclic) bond motifs is 1. The van der Waals surface area contributed by atoms with Crippen molar-refractivity contribution in [2.75, 3.05) is 25.0 Å². The van der Waals surface area contributed by atoms with E-state index in [-0.39, 0.29) is 24.3 Å². The summed E-state index contributed by atoms with van der Waals surface area (Å²) in [6.07, 6.45) is 1.32. The normalized spacial score (nSPS) is 23.9. The van der Waals surface area contributed by atoms with E-state index in [1.165, 1.54) is 23.2 Å². The number of alkyl halides is 3. The molecule has 188 valence electrons. The van der Waals surface area contributed by atoms with Crippen LogP contribution in [0.4, 0.5) is 19.0 Å². The highest BCUT2D eigenvalue weighted by Gasteiger charge is 2.42. The first-order valence-electron chi connectivity index (χ1n) is 11.6. The predicted octanol–water partition coefficient (Wildman–Crippen LogP) is 2.62. The number of hydrogen-bond acceptors (Lipinski definition) is 7. The number of nitrogens with zero attached hydrogens (tertiary/aromatic N) is 4. The molecule has 0 atom stereocenters. The number of benzene rings is 1. The van der Waals surface area contributed by atoms with Gasteiger partial charge in [0.2, 0.25) is 11.8 Å². The molecular formula is C23H27F3N6O3. The molecule has 1 aliphatic heterocycles. The number of halogens is 3. The van der Waals surface area contributed by atoms with Crippen LogP contribution in [0, 0.1) is 0 Å². The maximum absolute atomic E-state index is 13.1. The zero-order valence-electron chi connectivity index (χ0n) is 19.2. The summed E-state index contributed by atoms with van der Waals surface area (Å²) < 4.78 is 46.0. The smallest absolute Gasteiger partial charge is 0.416 e. The molecule has 1 aromatic carbocycles. The van der Waals surface area contributed by atoms with Crippen molar-refractivity contribution in [2.45, 2.75) is 49.5 Å². The van der Waals surface area contributed by atoms with E-state index in [9.17, 15) is 23.1 Å². The monoisotopic (exact) mass is 492 g/mol. The van der Waals surface area contributed by atoms with Gasteiger partial charge in [0.15, 0.2) is 5.82 Å². The molecule has 0 radical (unpaired) electrons. The van der Waals surface area contributed by atoms with Crippen LogP contribution in [-0.2, 0) is 23.6 Å². The van der Waals surface area contributed by atoms with Gasteiger partial charge in [-0.1, -0.05) is 0 Å². The van der Waals surface area contributed by atoms with E-state index in [4.69, 9.17) is 4.42 Å². The highest BCUT2D eigenvalue weighted by Crippen LogP contribution is 2.39. The Labute approximate surface area is 199 Å². The molecule has 35 heavy (non-hydrogen) atoms. The van der Waals surface area contributed by atoms with Gasteiger partial charge in [-0.3, -0.25) is 14.4 Å². The van der Waals surface area contributed by atoms with Crippen molar-refractivity contribution in [3.63, 3.8) is 0 Å². The van der Waals surface area contributed by atoms with E-state index in [2.05, 4.69) is 25.6 Å². The van der Waals surface area contributed by atoms with E-state index < -0.39 is 17.3 Å². The SMILES string of the molecule is Cn1nc(NCC(=O)NC2CN([C@H]3CC[C@@](O)(c4ncco4)CC3)C2)c2cc(C(F)(F)F)ccc21. The summed E-state index contributed by atoms with van der Waals surface area (Å²) in [4.78, 5) is 18.8. The molecule has 2 aromatic heterocycles. The summed E-state index contributed by atoms with van der Waals surface area (Å²) in [5.41, 5.74) is -1.24. The van der Waals surface area contributed by atoms with Crippen LogP contribution in [0.1, 0.15) is 37.1 Å². The fourth-order valence-corrected chi connectivity index (χ4v) is 5.03. The Bertz CT molecular complexity index is 1200. The summed E-state index contributed by atoms with van der Waals surface area (Å²) in [6.45, 7) is 1.34. The first-order chi connectivity index (χ1) is 16.6. The topological polar surface area (TPSA) is 108 Å². The average molecular weight is 493 g/mol. The third kappa shape index (κ3) is 4.72. The zero-order valence-corrected chi connectivity index (χ0v) is 19.2. The molecule has 9 nitrogen and oxygen atoms in total. The third-order valence-corrected chi connectivity index (χ3v) is 7.00. The molecule has 0 spiro atoms. The van der Waals surface area contributed by atoms with Gasteiger partial charge < -0.3 is 20.2 Å². The molecule has 3 heterocycles. The Morgan fingerprint density at radius 2 is 2.03 bits per heavy atom. The van der Waals surface area contributed by atoms with E-state index in [1.807, 2.05) is 0 Å². The lowest BCUT2D eigenvalue weighted by Gasteiger charge is -2.47. The zero-order chi connectivity index (χ0) is 24.8. The maximum atomic E-state index is 13.1. The number of aryl methyl sites for hydroxylation is 1. The molecule has 0 unspecified atom stereocenters. The minimum atomic E-state index is -4.46. The van der Waals surface area contributed by atoms with Gasteiger partial charge in [-0.15, -0.1) is 0 Å². The minimum Gasteiger partial charge on any atom is -0.446 e. The van der Waals surface area contributed by atoms with Crippen molar-refractivity contribution in [3.8, 4) is 0 Å². The second-order valence-electron chi connectivity index (χ2n) is 9.37. The summed E-state index contributed by atoms with van der Waals surface area (Å²) in [6, 6.07) is 3.77. The second-order valence-corrected chi connectivity index (χ2v) is 9.37. The number of carbonyl (C=O) groups excluding carboxylic acids is 1. The number of likely N-dealkylation sites (tertiary alicyclic amines) is 1. The van der Waals surface area contributed by atoms with E-state index in [1.54, 1.807) is 7.05 Å². The first-order valence-corrected chi connectivity index (χ1v) is 11.6. The largest absolute Gasteiger partial charge is 0.446 e. The van der Waals surface area contributed by atoms with E-state index >= 15 is 0 Å². The van der Waals surface area contributed by atoms with Crippen molar-refractivity contribution in [2.24, 2.45) is 7.05 Å². The molecule has 12 heteroatoms. The van der Waals surface area contributed by atoms with Crippen molar-refractivity contribution in [3.05, 3.63) is 42.1 Å². The Morgan fingerprint density at radius 3 is 2.69 bits per heavy atom. The van der Waals surface area contributed by atoms with E-state index in [0.717, 1.165) is 38.1 Å². The van der Waals surface area contributed by atoms with Gasteiger partial charge in [-0.25, -0.2) is 4.98 Å². The minimum absolute atomic E-state index is 0.00848. The van der Waals surface area contributed by atoms with Crippen LogP contribution < -0.4 is 10.6 Å². The number of nitrogens with one attached hydrogen (secondary N) is 2. The van der Waals surface area contributed by atoms with Gasteiger partial charge in [0.05, 0.1) is 29.9 Å². The van der Waals surface area contributed by atoms with Crippen molar-refractivity contribution in [1.29, 1.82) is 0 Å². The van der Waals surface area contributed by atoms with Crippen LogP contribution in [-0.4, -0.2) is 62.4 Å². The Hall–Kier alpha value is -3.12. The standard InChI is InChI=1S/C23H27F3N6O3/c1-31-18-3-2-14(23(24,25)26)10-17(18)20(30-31)28-11-19(33)29-15-12-32(13-15)16-4-6-22(34,7-5-16)21-27-8-9-35-21/h2-3,8-10,15-16,34H,4-7,11-13H2,1H3,(H,28,30)(H,29,33)/t16-,22-. The Morgan fingerprint density at radius 1 is 1.29 bits per heavy atom. The molecule has 5 rings (SSSR count). The van der Waals surface area contributed by atoms with Crippen LogP contribution in [0.5, 0.6) is 0 Å². The number of carbonyl (C=O) groups is 1. The van der Waals surface area contributed by atoms with Gasteiger partial charge in [0, 0.05) is 31.6 Å². The lowest BCUT2D eigenvalue weighted by atomic mass is 9.80. The number of amides is 1. The van der Waals surface area contributed by atoms with Gasteiger partial charge in [0.25, 0.3) is 0 Å². The molecule has 1 amide bonds. The van der Waals surface area contributed by atoms with Gasteiger partial charge in [0.1, 0.15) is 11.9 Å². The Kier molecular flexibility index (Phi) is 5.96. The van der Waals surface area contributed by atoms with Crippen LogP contribution in [0.25, 0.3) is 10.9 Å². The van der Waals surface area contributed by atoms with Crippen LogP contribution in [0.3, 0.4) is 0 Å². The van der Waals surface area contributed by atoms with Crippen molar-refractivity contribution in [1.82, 2.24) is 25.0 Å². The molecule has 0 bridgehead atoms. The number of rotatable bonds is 6. The lowest BCUT2D eigenvalue weighted by molar-refractivity contribution is -0.137. The molecule has 1 aliphatic carbocycles. The number of hydrogen-bond donors (Lipinski definition) is 3.